The van der Waals surface area contributed by atoms with Crippen molar-refractivity contribution in [3.05, 3.63) is 69.9 Å². The molecule has 114 valence electrons. The average Bonchev–Trinajstić information content (AvgIpc) is 3.14. The van der Waals surface area contributed by atoms with Crippen molar-refractivity contribution in [1.82, 2.24) is 10.3 Å². The normalized spacial score (nSPS) is 19.7. The number of H-pyrrole nitrogens is 1. The molecule has 1 aliphatic carbocycles. The molecule has 2 atom stereocenters. The topological polar surface area (TPSA) is 51.6 Å². The predicted molar refractivity (Wildman–Crippen MR) is 92.7 cm³/mol. The number of fused-ring (bicyclic) bond motifs is 2. The van der Waals surface area contributed by atoms with Gasteiger partial charge >= 0.3 is 0 Å². The van der Waals surface area contributed by atoms with Crippen molar-refractivity contribution in [3.8, 4) is 6.07 Å². The fourth-order valence-corrected chi connectivity index (χ4v) is 3.90. The third kappa shape index (κ3) is 2.23. The number of halogens is 1. The number of rotatable bonds is 2. The average molecular weight is 322 g/mol. The van der Waals surface area contributed by atoms with Crippen LogP contribution in [0.15, 0.2) is 42.6 Å². The van der Waals surface area contributed by atoms with E-state index < -0.39 is 0 Å². The smallest absolute Gasteiger partial charge is 0.0991 e. The SMILES string of the molecule is CNC1CC(c2c[nH]c3ccc(C#N)cc23)c2ccc(Cl)cc21. The molecule has 0 fully saturated rings. The van der Waals surface area contributed by atoms with Crippen LogP contribution in [0.3, 0.4) is 0 Å². The van der Waals surface area contributed by atoms with E-state index in [9.17, 15) is 5.26 Å². The minimum absolute atomic E-state index is 0.304. The fourth-order valence-electron chi connectivity index (χ4n) is 3.72. The van der Waals surface area contributed by atoms with E-state index in [0.717, 1.165) is 22.3 Å². The second kappa shape index (κ2) is 5.42. The Morgan fingerprint density at radius 3 is 2.83 bits per heavy atom. The Kier molecular flexibility index (Phi) is 3.37. The van der Waals surface area contributed by atoms with Gasteiger partial charge < -0.3 is 10.3 Å². The van der Waals surface area contributed by atoms with Crippen molar-refractivity contribution in [3.63, 3.8) is 0 Å². The van der Waals surface area contributed by atoms with E-state index in [1.54, 1.807) is 0 Å². The Bertz CT molecular complexity index is 935. The largest absolute Gasteiger partial charge is 0.361 e. The van der Waals surface area contributed by atoms with Gasteiger partial charge in [0.1, 0.15) is 0 Å². The summed E-state index contributed by atoms with van der Waals surface area (Å²) in [6, 6.07) is 14.5. The molecule has 3 nitrogen and oxygen atoms in total. The van der Waals surface area contributed by atoms with Crippen LogP contribution in [0.4, 0.5) is 0 Å². The Morgan fingerprint density at radius 2 is 2.04 bits per heavy atom. The summed E-state index contributed by atoms with van der Waals surface area (Å²) in [7, 11) is 1.99. The third-order valence-electron chi connectivity index (χ3n) is 4.84. The number of hydrogen-bond donors (Lipinski definition) is 2. The first-order chi connectivity index (χ1) is 11.2. The maximum atomic E-state index is 9.17. The van der Waals surface area contributed by atoms with E-state index in [0.29, 0.717) is 17.5 Å². The molecule has 2 aromatic carbocycles. The van der Waals surface area contributed by atoms with Crippen molar-refractivity contribution in [2.45, 2.75) is 18.4 Å². The monoisotopic (exact) mass is 321 g/mol. The van der Waals surface area contributed by atoms with Gasteiger partial charge in [0.05, 0.1) is 11.6 Å². The van der Waals surface area contributed by atoms with Crippen molar-refractivity contribution in [1.29, 1.82) is 5.26 Å². The zero-order chi connectivity index (χ0) is 16.0. The van der Waals surface area contributed by atoms with Gasteiger partial charge in [0, 0.05) is 34.1 Å². The lowest BCUT2D eigenvalue weighted by Crippen LogP contribution is -2.13. The standard InChI is InChI=1S/C19H16ClN3/c1-22-19-8-14(13-4-3-12(20)7-16(13)19)17-10-23-18-5-2-11(9-21)6-15(17)18/h2-7,10,14,19,22-23H,8H2,1H3. The van der Waals surface area contributed by atoms with Gasteiger partial charge in [-0.2, -0.15) is 5.26 Å². The lowest BCUT2D eigenvalue weighted by molar-refractivity contribution is 0.566. The van der Waals surface area contributed by atoms with Crippen LogP contribution in [-0.4, -0.2) is 12.0 Å². The van der Waals surface area contributed by atoms with Gasteiger partial charge in [-0.3, -0.25) is 0 Å². The number of benzene rings is 2. The molecule has 0 aliphatic heterocycles. The minimum Gasteiger partial charge on any atom is -0.361 e. The molecule has 0 spiro atoms. The number of nitrogens with zero attached hydrogens (tertiary/aromatic N) is 1. The molecule has 23 heavy (non-hydrogen) atoms. The molecular formula is C19H16ClN3. The summed E-state index contributed by atoms with van der Waals surface area (Å²) >= 11 is 6.18. The van der Waals surface area contributed by atoms with Gasteiger partial charge in [-0.15, -0.1) is 0 Å². The van der Waals surface area contributed by atoms with E-state index in [1.165, 1.54) is 16.7 Å². The molecule has 0 amide bonds. The van der Waals surface area contributed by atoms with Crippen molar-refractivity contribution in [2.75, 3.05) is 7.05 Å². The summed E-state index contributed by atoms with van der Waals surface area (Å²) in [6.45, 7) is 0. The molecule has 0 bridgehead atoms. The first kappa shape index (κ1) is 14.3. The number of hydrogen-bond acceptors (Lipinski definition) is 2. The number of aromatic amines is 1. The zero-order valence-corrected chi connectivity index (χ0v) is 13.5. The van der Waals surface area contributed by atoms with E-state index in [1.807, 2.05) is 31.3 Å². The molecule has 4 rings (SSSR count). The van der Waals surface area contributed by atoms with Gasteiger partial charge in [-0.05, 0) is 60.5 Å². The van der Waals surface area contributed by atoms with E-state index in [-0.39, 0.29) is 0 Å². The molecule has 3 aromatic rings. The molecule has 2 unspecified atom stereocenters. The lowest BCUT2D eigenvalue weighted by atomic mass is 9.92. The van der Waals surface area contributed by atoms with Crippen LogP contribution in [0.5, 0.6) is 0 Å². The molecular weight excluding hydrogens is 306 g/mol. The molecule has 0 radical (unpaired) electrons. The van der Waals surface area contributed by atoms with E-state index in [4.69, 9.17) is 11.6 Å². The minimum atomic E-state index is 0.304. The van der Waals surface area contributed by atoms with Crippen molar-refractivity contribution in [2.24, 2.45) is 0 Å². The first-order valence-electron chi connectivity index (χ1n) is 7.69. The summed E-state index contributed by atoms with van der Waals surface area (Å²) in [4.78, 5) is 3.34. The fraction of sp³-hybridized carbons (Fsp3) is 0.211. The summed E-state index contributed by atoms with van der Waals surface area (Å²) in [5.74, 6) is 0.308. The maximum Gasteiger partial charge on any atom is 0.0991 e. The molecule has 2 N–H and O–H groups in total. The Hall–Kier alpha value is -2.28. The summed E-state index contributed by atoms with van der Waals surface area (Å²) < 4.78 is 0. The van der Waals surface area contributed by atoms with Crippen LogP contribution in [0, 0.1) is 11.3 Å². The molecule has 0 saturated heterocycles. The maximum absolute atomic E-state index is 9.17. The number of nitrogens with one attached hydrogen (secondary N) is 2. The van der Waals surface area contributed by atoms with Crippen LogP contribution >= 0.6 is 11.6 Å². The van der Waals surface area contributed by atoms with Crippen LogP contribution in [0.2, 0.25) is 5.02 Å². The van der Waals surface area contributed by atoms with E-state index >= 15 is 0 Å². The summed E-state index contributed by atoms with van der Waals surface area (Å²) in [5, 5.41) is 14.5. The van der Waals surface area contributed by atoms with Crippen LogP contribution in [0.1, 0.15) is 40.6 Å². The van der Waals surface area contributed by atoms with Crippen LogP contribution < -0.4 is 5.32 Å². The second-order valence-corrected chi connectivity index (χ2v) is 6.46. The lowest BCUT2D eigenvalue weighted by Gasteiger charge is -2.11. The number of nitriles is 1. The summed E-state index contributed by atoms with van der Waals surface area (Å²) in [6.07, 6.45) is 3.07. The van der Waals surface area contributed by atoms with Crippen LogP contribution in [-0.2, 0) is 0 Å². The zero-order valence-electron chi connectivity index (χ0n) is 12.7. The molecule has 4 heteroatoms. The van der Waals surface area contributed by atoms with Gasteiger partial charge in [0.2, 0.25) is 0 Å². The quantitative estimate of drug-likeness (QED) is 0.730. The van der Waals surface area contributed by atoms with Gasteiger partial charge in [-0.25, -0.2) is 0 Å². The van der Waals surface area contributed by atoms with Gasteiger partial charge in [0.15, 0.2) is 0 Å². The number of aromatic nitrogens is 1. The highest BCUT2D eigenvalue weighted by Crippen LogP contribution is 2.46. The van der Waals surface area contributed by atoms with Gasteiger partial charge in [0.25, 0.3) is 0 Å². The molecule has 0 saturated carbocycles. The third-order valence-corrected chi connectivity index (χ3v) is 5.07. The Morgan fingerprint density at radius 1 is 1.17 bits per heavy atom. The second-order valence-electron chi connectivity index (χ2n) is 6.02. The van der Waals surface area contributed by atoms with E-state index in [2.05, 4.69) is 34.7 Å². The molecule has 1 heterocycles. The van der Waals surface area contributed by atoms with Crippen molar-refractivity contribution >= 4 is 22.5 Å². The first-order valence-corrected chi connectivity index (χ1v) is 8.07. The molecule has 1 aromatic heterocycles. The van der Waals surface area contributed by atoms with Crippen molar-refractivity contribution < 1.29 is 0 Å². The van der Waals surface area contributed by atoms with Crippen LogP contribution in [0.25, 0.3) is 10.9 Å². The Labute approximate surface area is 139 Å². The summed E-state index contributed by atoms with van der Waals surface area (Å²) in [5.41, 5.74) is 5.60. The molecule has 1 aliphatic rings. The highest BCUT2D eigenvalue weighted by atomic mass is 35.5. The Balaban J connectivity index is 1.88. The highest BCUT2D eigenvalue weighted by molar-refractivity contribution is 6.30. The highest BCUT2D eigenvalue weighted by Gasteiger charge is 2.32. The predicted octanol–water partition coefficient (Wildman–Crippen LogP) is 4.49. The van der Waals surface area contributed by atoms with Gasteiger partial charge in [-0.1, -0.05) is 17.7 Å².